The van der Waals surface area contributed by atoms with E-state index in [4.69, 9.17) is 6.85 Å². The maximum atomic E-state index is 11.2. The van der Waals surface area contributed by atoms with Gasteiger partial charge in [-0.15, -0.1) is 0 Å². The number of fused-ring (bicyclic) bond motifs is 1. The van der Waals surface area contributed by atoms with Crippen LogP contribution < -0.4 is 5.56 Å². The molecule has 0 atom stereocenters. The summed E-state index contributed by atoms with van der Waals surface area (Å²) in [5.74, 6) is 0. The monoisotopic (exact) mass is 150 g/mol. The van der Waals surface area contributed by atoms with Gasteiger partial charge in [0, 0.05) is 11.6 Å². The van der Waals surface area contributed by atoms with Gasteiger partial charge in [0.25, 0.3) is 0 Å². The molecule has 2 aromatic rings. The molecule has 54 valence electrons. The summed E-state index contributed by atoms with van der Waals surface area (Å²) in [6.07, 6.45) is 0. The van der Waals surface area contributed by atoms with Crippen LogP contribution in [0.2, 0.25) is 0 Å². The van der Waals surface area contributed by atoms with Gasteiger partial charge in [0.05, 0.1) is 6.85 Å². The average molecular weight is 150 g/mol. The van der Waals surface area contributed by atoms with Crippen molar-refractivity contribution < 1.29 is 6.85 Å². The summed E-state index contributed by atoms with van der Waals surface area (Å²) in [4.78, 5) is 13.5. The molecule has 1 heterocycles. The maximum absolute atomic E-state index is 11.2. The first-order chi connectivity index (χ1) is 7.43. The van der Waals surface area contributed by atoms with E-state index in [9.17, 15) is 4.79 Å². The van der Waals surface area contributed by atoms with Crippen molar-refractivity contribution in [1.82, 2.24) is 4.98 Å². The van der Waals surface area contributed by atoms with E-state index in [2.05, 4.69) is 4.98 Å². The second-order valence-corrected chi connectivity index (χ2v) is 2.01. The molecule has 1 aromatic heterocycles. The average Bonchev–Trinajstić information content (AvgIpc) is 2.22. The number of aromatic nitrogens is 1. The number of rotatable bonds is 0. The fourth-order valence-corrected chi connectivity index (χ4v) is 0.808. The molecule has 0 saturated carbocycles. The van der Waals surface area contributed by atoms with Crippen LogP contribution in [0.25, 0.3) is 10.9 Å². The highest BCUT2D eigenvalue weighted by Gasteiger charge is 1.89. The molecule has 0 fully saturated rings. The van der Waals surface area contributed by atoms with E-state index >= 15 is 0 Å². The molecule has 11 heavy (non-hydrogen) atoms. The fraction of sp³-hybridized carbons (Fsp3) is 0. The first-order valence-corrected chi connectivity index (χ1v) is 3.03. The topological polar surface area (TPSA) is 32.9 Å². The highest BCUT2D eigenvalue weighted by atomic mass is 16.1. The van der Waals surface area contributed by atoms with Crippen molar-refractivity contribution in [2.75, 3.05) is 0 Å². The van der Waals surface area contributed by atoms with Gasteiger partial charge in [-0.3, -0.25) is 4.79 Å². The summed E-state index contributed by atoms with van der Waals surface area (Å²) in [7, 11) is 0. The Hall–Kier alpha value is -1.57. The Kier molecular flexibility index (Phi) is 0.572. The summed E-state index contributed by atoms with van der Waals surface area (Å²) in [6.45, 7) is 0. The molecule has 0 saturated heterocycles. The minimum absolute atomic E-state index is 0.0258. The molecule has 2 heteroatoms. The smallest absolute Gasteiger partial charge is 0.248 e. The molecule has 0 amide bonds. The second kappa shape index (κ2) is 2.23. The van der Waals surface area contributed by atoms with Crippen molar-refractivity contribution in [3.63, 3.8) is 0 Å². The molecule has 0 aliphatic rings. The normalized spacial score (nSPS) is 16.5. The number of hydrogen-bond donors (Lipinski definition) is 1. The predicted octanol–water partition coefficient (Wildman–Crippen LogP) is 1.53. The standard InChI is InChI=1S/C9H7NO/c11-9-6-5-7-3-1-2-4-8(7)10-9/h1-6H,(H,10,11)/i1D,3D,4D,5D,6D. The lowest BCUT2D eigenvalue weighted by atomic mass is 10.2. The van der Waals surface area contributed by atoms with Gasteiger partial charge in [-0.1, -0.05) is 18.2 Å². The van der Waals surface area contributed by atoms with Crippen LogP contribution in [0.3, 0.4) is 0 Å². The number of para-hydroxylation sites is 1. The molecule has 1 aromatic carbocycles. The summed E-state index contributed by atoms with van der Waals surface area (Å²) in [6, 6.07) is -0.402. The molecule has 1 N–H and O–H groups in total. The van der Waals surface area contributed by atoms with Gasteiger partial charge < -0.3 is 4.98 Å². The first-order valence-electron chi connectivity index (χ1n) is 5.53. The Bertz CT molecular complexity index is 649. The zero-order valence-electron chi connectivity index (χ0n) is 10.5. The third-order valence-electron chi connectivity index (χ3n) is 1.28. The lowest BCUT2D eigenvalue weighted by molar-refractivity contribution is 1.31. The predicted molar refractivity (Wildman–Crippen MR) is 44.6 cm³/mol. The van der Waals surface area contributed by atoms with Crippen LogP contribution in [0, 0.1) is 0 Å². The van der Waals surface area contributed by atoms with E-state index in [1.165, 1.54) is 0 Å². The first kappa shape index (κ1) is 2.81. The van der Waals surface area contributed by atoms with Gasteiger partial charge in [-0.25, -0.2) is 0 Å². The van der Waals surface area contributed by atoms with Gasteiger partial charge in [0.1, 0.15) is 0 Å². The van der Waals surface area contributed by atoms with Gasteiger partial charge in [-0.2, -0.15) is 0 Å². The number of aromatic amines is 1. The highest BCUT2D eigenvalue weighted by molar-refractivity contribution is 5.77. The van der Waals surface area contributed by atoms with Crippen LogP contribution in [0.4, 0.5) is 0 Å². The summed E-state index contributed by atoms with van der Waals surface area (Å²) in [5.41, 5.74) is -0.727. The fourth-order valence-electron chi connectivity index (χ4n) is 0.808. The van der Waals surface area contributed by atoms with Crippen LogP contribution >= 0.6 is 0 Å². The number of H-pyrrole nitrogens is 1. The van der Waals surface area contributed by atoms with Crippen LogP contribution in [0.5, 0.6) is 0 Å². The minimum Gasteiger partial charge on any atom is -0.322 e. The molecule has 0 aliphatic carbocycles. The van der Waals surface area contributed by atoms with Crippen molar-refractivity contribution in [2.24, 2.45) is 0 Å². The lowest BCUT2D eigenvalue weighted by Crippen LogP contribution is -2.01. The Morgan fingerprint density at radius 2 is 2.18 bits per heavy atom. The van der Waals surface area contributed by atoms with Crippen molar-refractivity contribution in [1.29, 1.82) is 0 Å². The van der Waals surface area contributed by atoms with Crippen molar-refractivity contribution >= 4 is 10.9 Å². The third kappa shape index (κ3) is 1.03. The molecule has 0 bridgehead atoms. The molecular weight excluding hydrogens is 138 g/mol. The number of hydrogen-bond acceptors (Lipinski definition) is 1. The molecule has 2 rings (SSSR count). The van der Waals surface area contributed by atoms with Gasteiger partial charge in [-0.05, 0) is 17.5 Å². The number of nitrogens with one attached hydrogen (secondary N) is 1. The Balaban J connectivity index is 3.14. The van der Waals surface area contributed by atoms with Crippen molar-refractivity contribution in [3.05, 3.63) is 46.6 Å². The van der Waals surface area contributed by atoms with Crippen LogP contribution in [-0.2, 0) is 0 Å². The van der Waals surface area contributed by atoms with E-state index < -0.39 is 17.6 Å². The van der Waals surface area contributed by atoms with Gasteiger partial charge >= 0.3 is 0 Å². The second-order valence-electron chi connectivity index (χ2n) is 2.01. The molecule has 2 nitrogen and oxygen atoms in total. The van der Waals surface area contributed by atoms with E-state index in [1.807, 2.05) is 0 Å². The minimum atomic E-state index is -0.761. The van der Waals surface area contributed by atoms with E-state index in [0.717, 1.165) is 6.07 Å². The van der Waals surface area contributed by atoms with Gasteiger partial charge in [0.15, 0.2) is 0 Å². The van der Waals surface area contributed by atoms with E-state index in [-0.39, 0.29) is 29.0 Å². The van der Waals surface area contributed by atoms with Gasteiger partial charge in [0.2, 0.25) is 5.56 Å². The van der Waals surface area contributed by atoms with Crippen LogP contribution in [0.15, 0.2) is 41.1 Å². The molecule has 0 aliphatic heterocycles. The molecule has 0 spiro atoms. The van der Waals surface area contributed by atoms with Crippen molar-refractivity contribution in [2.45, 2.75) is 0 Å². The Morgan fingerprint density at radius 1 is 1.27 bits per heavy atom. The molecular formula is C9H7NO. The zero-order valence-corrected chi connectivity index (χ0v) is 5.49. The van der Waals surface area contributed by atoms with E-state index in [1.54, 1.807) is 0 Å². The highest BCUT2D eigenvalue weighted by Crippen LogP contribution is 2.06. The maximum Gasteiger partial charge on any atom is 0.248 e. The largest absolute Gasteiger partial charge is 0.322 e. The summed E-state index contributed by atoms with van der Waals surface area (Å²) < 4.78 is 37.5. The zero-order chi connectivity index (χ0) is 12.0. The summed E-state index contributed by atoms with van der Waals surface area (Å²) >= 11 is 0. The third-order valence-corrected chi connectivity index (χ3v) is 1.28. The Labute approximate surface area is 70.5 Å². The van der Waals surface area contributed by atoms with Crippen molar-refractivity contribution in [3.8, 4) is 0 Å². The number of benzene rings is 1. The summed E-state index contributed by atoms with van der Waals surface area (Å²) in [5, 5.41) is -0.0258. The molecule has 0 radical (unpaired) electrons. The lowest BCUT2D eigenvalue weighted by Gasteiger charge is -1.93. The molecule has 0 unspecified atom stereocenters. The SMILES string of the molecule is [2H]c1cc([2H])c2[nH]c(=O)c([2H])c([2H])c2c1[2H]. The van der Waals surface area contributed by atoms with Crippen LogP contribution in [0.1, 0.15) is 6.85 Å². The Morgan fingerprint density at radius 3 is 3.09 bits per heavy atom. The quantitative estimate of drug-likeness (QED) is 0.607. The van der Waals surface area contributed by atoms with E-state index in [0.29, 0.717) is 0 Å². The number of pyridine rings is 1. The van der Waals surface area contributed by atoms with Crippen LogP contribution in [-0.4, -0.2) is 4.98 Å².